The number of fused-ring (bicyclic) bond motifs is 1. The number of aromatic nitrogens is 1. The summed E-state index contributed by atoms with van der Waals surface area (Å²) < 4.78 is 4.86. The smallest absolute Gasteiger partial charge is 0.343 e. The molecule has 0 atom stereocenters. The highest BCUT2D eigenvalue weighted by molar-refractivity contribution is 5.99. The Morgan fingerprint density at radius 1 is 1.39 bits per heavy atom. The van der Waals surface area contributed by atoms with Gasteiger partial charge in [-0.15, -0.1) is 0 Å². The van der Waals surface area contributed by atoms with Gasteiger partial charge in [-0.2, -0.15) is 0 Å². The molecule has 0 radical (unpaired) electrons. The second kappa shape index (κ2) is 5.04. The Morgan fingerprint density at radius 3 is 2.83 bits per heavy atom. The average molecular weight is 245 g/mol. The van der Waals surface area contributed by atoms with Crippen molar-refractivity contribution in [3.8, 4) is 5.75 Å². The molecule has 18 heavy (non-hydrogen) atoms. The maximum Gasteiger partial charge on any atom is 0.343 e. The van der Waals surface area contributed by atoms with E-state index in [0.29, 0.717) is 10.9 Å². The zero-order valence-electron chi connectivity index (χ0n) is 10.4. The Balaban J connectivity index is 2.54. The van der Waals surface area contributed by atoms with E-state index in [9.17, 15) is 9.90 Å². The fourth-order valence-corrected chi connectivity index (χ4v) is 1.80. The average Bonchev–Trinajstić information content (AvgIpc) is 2.38. The quantitative estimate of drug-likeness (QED) is 0.844. The predicted octanol–water partition coefficient (Wildman–Crippen LogP) is 2.68. The topological polar surface area (TPSA) is 59.4 Å². The van der Waals surface area contributed by atoms with Crippen molar-refractivity contribution < 1.29 is 14.6 Å². The van der Waals surface area contributed by atoms with Crippen LogP contribution >= 0.6 is 0 Å². The molecule has 2 rings (SSSR count). The molecule has 1 heterocycles. The molecule has 1 aromatic carbocycles. The predicted molar refractivity (Wildman–Crippen MR) is 68.7 cm³/mol. The lowest BCUT2D eigenvalue weighted by Crippen LogP contribution is -2.05. The standard InChI is InChI=1S/C14H15NO3/c1-3-9-5-6-10-12(7-9)15-8-11(13(10)16)14(17)18-4-2/h5-8H,3-4H2,1-2H3,(H,15,16). The van der Waals surface area contributed by atoms with Gasteiger partial charge in [-0.25, -0.2) is 4.79 Å². The van der Waals surface area contributed by atoms with Crippen molar-refractivity contribution in [3.63, 3.8) is 0 Å². The van der Waals surface area contributed by atoms with Crippen LogP contribution in [0.5, 0.6) is 5.75 Å². The SMILES string of the molecule is CCOC(=O)c1cnc2cc(CC)ccc2c1O. The number of nitrogens with zero attached hydrogens (tertiary/aromatic N) is 1. The molecule has 0 aliphatic heterocycles. The van der Waals surface area contributed by atoms with Crippen LogP contribution in [0, 0.1) is 0 Å². The number of pyridine rings is 1. The second-order valence-electron chi connectivity index (χ2n) is 3.95. The van der Waals surface area contributed by atoms with Gasteiger partial charge in [0.1, 0.15) is 11.3 Å². The number of ether oxygens (including phenoxy) is 1. The zero-order valence-corrected chi connectivity index (χ0v) is 10.4. The molecule has 0 saturated carbocycles. The van der Waals surface area contributed by atoms with Gasteiger partial charge in [-0.3, -0.25) is 4.98 Å². The molecule has 4 nitrogen and oxygen atoms in total. The van der Waals surface area contributed by atoms with E-state index < -0.39 is 5.97 Å². The molecule has 0 saturated heterocycles. The lowest BCUT2D eigenvalue weighted by atomic mass is 10.1. The maximum absolute atomic E-state index is 11.6. The number of rotatable bonds is 3. The molecule has 1 aromatic heterocycles. The zero-order chi connectivity index (χ0) is 13.1. The van der Waals surface area contributed by atoms with Gasteiger partial charge < -0.3 is 9.84 Å². The summed E-state index contributed by atoms with van der Waals surface area (Å²) in [5.41, 5.74) is 1.92. The van der Waals surface area contributed by atoms with Gasteiger partial charge in [0.05, 0.1) is 12.1 Å². The Hall–Kier alpha value is -2.10. The van der Waals surface area contributed by atoms with E-state index in [0.717, 1.165) is 12.0 Å². The lowest BCUT2D eigenvalue weighted by Gasteiger charge is -2.07. The van der Waals surface area contributed by atoms with Crippen LogP contribution in [0.3, 0.4) is 0 Å². The normalized spacial score (nSPS) is 10.6. The van der Waals surface area contributed by atoms with Crippen LogP contribution in [0.15, 0.2) is 24.4 Å². The number of carbonyl (C=O) groups excluding carboxylic acids is 1. The molecule has 94 valence electrons. The summed E-state index contributed by atoms with van der Waals surface area (Å²) >= 11 is 0. The third kappa shape index (κ3) is 2.14. The summed E-state index contributed by atoms with van der Waals surface area (Å²) in [5, 5.41) is 10.6. The number of benzene rings is 1. The van der Waals surface area contributed by atoms with Gasteiger partial charge in [0.25, 0.3) is 0 Å². The first-order valence-corrected chi connectivity index (χ1v) is 5.95. The minimum Gasteiger partial charge on any atom is -0.506 e. The van der Waals surface area contributed by atoms with Crippen molar-refractivity contribution in [1.29, 1.82) is 0 Å². The molecule has 0 unspecified atom stereocenters. The number of hydrogen-bond donors (Lipinski definition) is 1. The molecule has 0 fully saturated rings. The monoisotopic (exact) mass is 245 g/mol. The summed E-state index contributed by atoms with van der Waals surface area (Å²) in [7, 11) is 0. The van der Waals surface area contributed by atoms with Crippen molar-refractivity contribution in [3.05, 3.63) is 35.5 Å². The van der Waals surface area contributed by atoms with E-state index in [1.165, 1.54) is 6.20 Å². The van der Waals surface area contributed by atoms with E-state index in [1.54, 1.807) is 13.0 Å². The highest BCUT2D eigenvalue weighted by Gasteiger charge is 2.15. The summed E-state index contributed by atoms with van der Waals surface area (Å²) in [6.45, 7) is 4.04. The van der Waals surface area contributed by atoms with Gasteiger partial charge >= 0.3 is 5.97 Å². The summed E-state index contributed by atoms with van der Waals surface area (Å²) in [5.74, 6) is -0.620. The van der Waals surface area contributed by atoms with E-state index >= 15 is 0 Å². The third-order valence-electron chi connectivity index (χ3n) is 2.81. The van der Waals surface area contributed by atoms with Crippen LogP contribution in [-0.2, 0) is 11.2 Å². The number of aryl methyl sites for hydroxylation is 1. The second-order valence-corrected chi connectivity index (χ2v) is 3.95. The van der Waals surface area contributed by atoms with Crippen LogP contribution < -0.4 is 0 Å². The number of aromatic hydroxyl groups is 1. The molecule has 1 N–H and O–H groups in total. The van der Waals surface area contributed by atoms with Crippen LogP contribution in [-0.4, -0.2) is 22.7 Å². The molecule has 0 spiro atoms. The Labute approximate surface area is 105 Å². The molecule has 0 aliphatic rings. The maximum atomic E-state index is 11.6. The molecule has 0 aliphatic carbocycles. The van der Waals surface area contributed by atoms with Crippen LogP contribution in [0.2, 0.25) is 0 Å². The summed E-state index contributed by atoms with van der Waals surface area (Å²) in [6.07, 6.45) is 2.26. The van der Waals surface area contributed by atoms with E-state index in [1.807, 2.05) is 19.1 Å². The van der Waals surface area contributed by atoms with Crippen molar-refractivity contribution in [1.82, 2.24) is 4.98 Å². The first kappa shape index (κ1) is 12.4. The first-order valence-electron chi connectivity index (χ1n) is 5.95. The fraction of sp³-hybridized carbons (Fsp3) is 0.286. The van der Waals surface area contributed by atoms with Crippen molar-refractivity contribution in [2.75, 3.05) is 6.61 Å². The minimum atomic E-state index is -0.552. The highest BCUT2D eigenvalue weighted by Crippen LogP contribution is 2.28. The first-order chi connectivity index (χ1) is 8.67. The Bertz CT molecular complexity index is 593. The fourth-order valence-electron chi connectivity index (χ4n) is 1.80. The number of carbonyl (C=O) groups is 1. The van der Waals surface area contributed by atoms with Crippen molar-refractivity contribution in [2.24, 2.45) is 0 Å². The summed E-state index contributed by atoms with van der Waals surface area (Å²) in [4.78, 5) is 15.8. The van der Waals surface area contributed by atoms with Crippen LogP contribution in [0.4, 0.5) is 0 Å². The van der Waals surface area contributed by atoms with E-state index in [-0.39, 0.29) is 17.9 Å². The number of esters is 1. The lowest BCUT2D eigenvalue weighted by molar-refractivity contribution is 0.0523. The van der Waals surface area contributed by atoms with Crippen LogP contribution in [0.25, 0.3) is 10.9 Å². The number of hydrogen-bond acceptors (Lipinski definition) is 4. The highest BCUT2D eigenvalue weighted by atomic mass is 16.5. The Morgan fingerprint density at radius 2 is 2.17 bits per heavy atom. The Kier molecular flexibility index (Phi) is 3.46. The summed E-state index contributed by atoms with van der Waals surface area (Å²) in [6, 6.07) is 5.60. The van der Waals surface area contributed by atoms with Gasteiger partial charge in [-0.05, 0) is 31.0 Å². The van der Waals surface area contributed by atoms with Gasteiger partial charge in [0.15, 0.2) is 0 Å². The molecular weight excluding hydrogens is 230 g/mol. The van der Waals surface area contributed by atoms with E-state index in [4.69, 9.17) is 4.74 Å². The van der Waals surface area contributed by atoms with Gasteiger partial charge in [0, 0.05) is 11.6 Å². The minimum absolute atomic E-state index is 0.0684. The molecular formula is C14H15NO3. The molecule has 2 aromatic rings. The molecule has 0 amide bonds. The van der Waals surface area contributed by atoms with Crippen molar-refractivity contribution >= 4 is 16.9 Å². The largest absolute Gasteiger partial charge is 0.506 e. The third-order valence-corrected chi connectivity index (χ3v) is 2.81. The van der Waals surface area contributed by atoms with Gasteiger partial charge in [0.2, 0.25) is 0 Å². The molecule has 0 bridgehead atoms. The van der Waals surface area contributed by atoms with E-state index in [2.05, 4.69) is 4.98 Å². The molecule has 4 heteroatoms. The van der Waals surface area contributed by atoms with Gasteiger partial charge in [-0.1, -0.05) is 13.0 Å². The van der Waals surface area contributed by atoms with Crippen molar-refractivity contribution in [2.45, 2.75) is 20.3 Å². The van der Waals surface area contributed by atoms with Crippen LogP contribution in [0.1, 0.15) is 29.8 Å².